The third kappa shape index (κ3) is 5.95. The number of nitrogens with zero attached hydrogens (tertiary/aromatic N) is 2. The minimum atomic E-state index is -1.86. The highest BCUT2D eigenvalue weighted by Gasteiger charge is 2.41. The van der Waals surface area contributed by atoms with E-state index in [-0.39, 0.29) is 0 Å². The van der Waals surface area contributed by atoms with E-state index in [0.717, 1.165) is 12.6 Å². The quantitative estimate of drug-likeness (QED) is 0.135. The smallest absolute Gasteiger partial charge is 0.281 e. The molecule has 1 heterocycles. The molecule has 0 amide bonds. The number of para-hydroxylation sites is 2. The summed E-state index contributed by atoms with van der Waals surface area (Å²) < 4.78 is 5.64. The molecular weight excluding hydrogens is 574 g/mol. The SMILES string of the molecule is c1ccc([SiH]2N(CP(c3ccccc3)c3ccccc3)c3ccccc3N2CP(c2ccccc2)c2ccccc2)cc1. The average molecular weight is 609 g/mol. The first-order chi connectivity index (χ1) is 21.4. The molecule has 0 atom stereocenters. The molecule has 0 N–H and O–H groups in total. The summed E-state index contributed by atoms with van der Waals surface area (Å²) in [4.78, 5) is 0. The van der Waals surface area contributed by atoms with Gasteiger partial charge in [-0.05, 0) is 54.4 Å². The van der Waals surface area contributed by atoms with Crippen LogP contribution in [-0.2, 0) is 0 Å². The van der Waals surface area contributed by atoms with E-state index in [1.54, 1.807) is 0 Å². The monoisotopic (exact) mass is 608 g/mol. The lowest BCUT2D eigenvalue weighted by atomic mass is 10.2. The van der Waals surface area contributed by atoms with Crippen LogP contribution in [0.2, 0.25) is 0 Å². The van der Waals surface area contributed by atoms with Gasteiger partial charge in [-0.2, -0.15) is 0 Å². The van der Waals surface area contributed by atoms with E-state index in [0.29, 0.717) is 0 Å². The number of anilines is 2. The Morgan fingerprint density at radius 2 is 0.628 bits per heavy atom. The van der Waals surface area contributed by atoms with E-state index >= 15 is 0 Å². The summed E-state index contributed by atoms with van der Waals surface area (Å²) in [6, 6.07) is 65.1. The predicted octanol–water partition coefficient (Wildman–Crippen LogP) is 6.62. The topological polar surface area (TPSA) is 6.48 Å². The van der Waals surface area contributed by atoms with E-state index in [2.05, 4.69) is 185 Å². The molecule has 6 aromatic carbocycles. The molecule has 0 aromatic heterocycles. The van der Waals surface area contributed by atoms with Crippen LogP contribution in [0, 0.1) is 0 Å². The Kier molecular flexibility index (Phi) is 8.47. The van der Waals surface area contributed by atoms with E-state index in [1.807, 2.05) is 0 Å². The largest absolute Gasteiger partial charge is 0.374 e. The van der Waals surface area contributed by atoms with Gasteiger partial charge in [0.05, 0.1) is 11.4 Å². The molecule has 0 spiro atoms. The van der Waals surface area contributed by atoms with Crippen molar-refractivity contribution < 1.29 is 0 Å². The van der Waals surface area contributed by atoms with Gasteiger partial charge < -0.3 is 9.13 Å². The van der Waals surface area contributed by atoms with Crippen molar-refractivity contribution in [2.24, 2.45) is 0 Å². The van der Waals surface area contributed by atoms with Gasteiger partial charge in [-0.3, -0.25) is 0 Å². The van der Waals surface area contributed by atoms with Gasteiger partial charge >= 0.3 is 0 Å². The number of hydrogen-bond acceptors (Lipinski definition) is 2. The first-order valence-electron chi connectivity index (χ1n) is 14.8. The van der Waals surface area contributed by atoms with Crippen LogP contribution in [-0.4, -0.2) is 21.7 Å². The normalized spacial score (nSPS) is 13.1. The summed E-state index contributed by atoms with van der Waals surface area (Å²) in [5.74, 6) is 0. The van der Waals surface area contributed by atoms with Gasteiger partial charge in [-0.25, -0.2) is 0 Å². The summed E-state index contributed by atoms with van der Waals surface area (Å²) >= 11 is 0. The predicted molar refractivity (Wildman–Crippen MR) is 193 cm³/mol. The molecule has 0 bridgehead atoms. The first-order valence-corrected chi connectivity index (χ1v) is 19.5. The summed E-state index contributed by atoms with van der Waals surface area (Å²) in [5.41, 5.74) is 2.75. The van der Waals surface area contributed by atoms with Crippen molar-refractivity contribution in [3.63, 3.8) is 0 Å². The Hall–Kier alpha value is -4.00. The zero-order valence-electron chi connectivity index (χ0n) is 24.0. The van der Waals surface area contributed by atoms with Crippen molar-refractivity contribution in [3.05, 3.63) is 176 Å². The molecule has 43 heavy (non-hydrogen) atoms. The molecular formula is C38H34N2P2Si. The van der Waals surface area contributed by atoms with Crippen LogP contribution >= 0.6 is 15.8 Å². The van der Waals surface area contributed by atoms with Crippen LogP contribution in [0.1, 0.15) is 0 Å². The number of rotatable bonds is 9. The minimum Gasteiger partial charge on any atom is -0.374 e. The van der Waals surface area contributed by atoms with Crippen molar-refractivity contribution in [2.45, 2.75) is 0 Å². The van der Waals surface area contributed by atoms with Crippen LogP contribution in [0.15, 0.2) is 176 Å². The third-order valence-corrected chi connectivity index (χ3v) is 16.6. The van der Waals surface area contributed by atoms with Crippen molar-refractivity contribution in [1.29, 1.82) is 0 Å². The summed E-state index contributed by atoms with van der Waals surface area (Å²) in [5, 5.41) is 7.17. The van der Waals surface area contributed by atoms with Gasteiger partial charge in [-0.15, -0.1) is 0 Å². The second-order valence-corrected chi connectivity index (χ2v) is 17.7. The van der Waals surface area contributed by atoms with Crippen molar-refractivity contribution in [3.8, 4) is 0 Å². The van der Waals surface area contributed by atoms with Gasteiger partial charge in [-0.1, -0.05) is 164 Å². The van der Waals surface area contributed by atoms with Crippen LogP contribution < -0.4 is 35.5 Å². The summed E-state index contributed by atoms with van der Waals surface area (Å²) in [7, 11) is -3.05. The maximum Gasteiger partial charge on any atom is 0.281 e. The Bertz CT molecular complexity index is 1550. The number of hydrogen-bond donors (Lipinski definition) is 0. The zero-order chi connectivity index (χ0) is 28.8. The van der Waals surface area contributed by atoms with Crippen LogP contribution in [0.25, 0.3) is 0 Å². The second-order valence-electron chi connectivity index (χ2n) is 10.7. The lowest BCUT2D eigenvalue weighted by Gasteiger charge is -2.36. The highest BCUT2D eigenvalue weighted by molar-refractivity contribution is 7.73. The van der Waals surface area contributed by atoms with Crippen molar-refractivity contribution in [2.75, 3.05) is 21.7 Å². The molecule has 210 valence electrons. The van der Waals surface area contributed by atoms with Gasteiger partial charge in [0.2, 0.25) is 0 Å². The second kappa shape index (κ2) is 13.1. The van der Waals surface area contributed by atoms with E-state index in [4.69, 9.17) is 0 Å². The molecule has 1 aliphatic heterocycles. The Balaban J connectivity index is 1.35. The molecule has 0 saturated heterocycles. The van der Waals surface area contributed by atoms with E-state index < -0.39 is 25.0 Å². The van der Waals surface area contributed by atoms with Gasteiger partial charge in [0.25, 0.3) is 9.12 Å². The molecule has 2 nitrogen and oxygen atoms in total. The maximum absolute atomic E-state index is 2.82. The standard InChI is InChI=1S/C38H34N2P2Si/c1-6-18-32(19-7-1)41(33-20-8-2-9-21-33)30-39-37-28-16-17-29-38(37)40(43(39)36-26-14-5-15-27-36)31-42(34-22-10-3-11-23-34)35-24-12-4-13-25-35/h1-29,43H,30-31H2. The highest BCUT2D eigenvalue weighted by Crippen LogP contribution is 2.46. The van der Waals surface area contributed by atoms with Crippen LogP contribution in [0.5, 0.6) is 0 Å². The number of benzene rings is 6. The lowest BCUT2D eigenvalue weighted by molar-refractivity contribution is 1.24. The van der Waals surface area contributed by atoms with Gasteiger partial charge in [0, 0.05) is 12.6 Å². The molecule has 6 aromatic rings. The summed E-state index contributed by atoms with van der Waals surface area (Å²) in [6.07, 6.45) is 1.99. The molecule has 7 rings (SSSR count). The fourth-order valence-electron chi connectivity index (χ4n) is 6.03. The first kappa shape index (κ1) is 27.8. The maximum atomic E-state index is 2.82. The minimum absolute atomic E-state index is 0.591. The van der Waals surface area contributed by atoms with E-state index in [9.17, 15) is 0 Å². The Labute approximate surface area is 259 Å². The molecule has 0 saturated carbocycles. The fourth-order valence-corrected chi connectivity index (χ4v) is 15.1. The van der Waals surface area contributed by atoms with Crippen molar-refractivity contribution in [1.82, 2.24) is 0 Å². The van der Waals surface area contributed by atoms with Crippen LogP contribution in [0.3, 0.4) is 0 Å². The van der Waals surface area contributed by atoms with Gasteiger partial charge in [0.15, 0.2) is 0 Å². The van der Waals surface area contributed by atoms with E-state index in [1.165, 1.54) is 37.8 Å². The molecule has 0 unspecified atom stereocenters. The van der Waals surface area contributed by atoms with Crippen LogP contribution in [0.4, 0.5) is 11.4 Å². The van der Waals surface area contributed by atoms with Gasteiger partial charge in [0.1, 0.15) is 0 Å². The zero-order valence-corrected chi connectivity index (χ0v) is 27.0. The average Bonchev–Trinajstić information content (AvgIpc) is 3.40. The number of fused-ring (bicyclic) bond motifs is 1. The third-order valence-electron chi connectivity index (χ3n) is 8.05. The molecule has 0 fully saturated rings. The van der Waals surface area contributed by atoms with Crippen molar-refractivity contribution >= 4 is 62.7 Å². The lowest BCUT2D eigenvalue weighted by Crippen LogP contribution is -2.57. The Morgan fingerprint density at radius 3 is 0.953 bits per heavy atom. The summed E-state index contributed by atoms with van der Waals surface area (Å²) in [6.45, 7) is 0. The molecule has 0 aliphatic carbocycles. The molecule has 1 aliphatic rings. The fraction of sp³-hybridized carbons (Fsp3) is 0.0526. The molecule has 5 heteroatoms. The Morgan fingerprint density at radius 1 is 0.349 bits per heavy atom. The highest BCUT2D eigenvalue weighted by atomic mass is 31.1. The molecule has 0 radical (unpaired) electrons.